The summed E-state index contributed by atoms with van der Waals surface area (Å²) in [4.78, 5) is 8.44. The number of benzene rings is 1. The standard InChI is InChI=1S/C13H12ClN3O2S/c1-20-13-16-10(14)5-11(17-13)15-6-8-3-2-4-9-12(8)19-7-18-9/h2-5H,6-7H2,1H3,(H,15,16,17). The molecule has 1 aromatic heterocycles. The molecule has 0 spiro atoms. The van der Waals surface area contributed by atoms with Gasteiger partial charge >= 0.3 is 0 Å². The maximum Gasteiger partial charge on any atom is 0.231 e. The lowest BCUT2D eigenvalue weighted by molar-refractivity contribution is 0.173. The van der Waals surface area contributed by atoms with Crippen LogP contribution in [0.5, 0.6) is 11.5 Å². The second kappa shape index (κ2) is 5.76. The van der Waals surface area contributed by atoms with E-state index in [1.807, 2.05) is 24.5 Å². The Balaban J connectivity index is 1.77. The van der Waals surface area contributed by atoms with Gasteiger partial charge in [-0.05, 0) is 12.3 Å². The van der Waals surface area contributed by atoms with Crippen molar-refractivity contribution in [1.82, 2.24) is 9.97 Å². The summed E-state index contributed by atoms with van der Waals surface area (Å²) in [6.45, 7) is 0.843. The molecule has 104 valence electrons. The number of aromatic nitrogens is 2. The van der Waals surface area contributed by atoms with Crippen molar-refractivity contribution in [2.75, 3.05) is 18.4 Å². The number of halogens is 1. The van der Waals surface area contributed by atoms with Crippen molar-refractivity contribution in [3.63, 3.8) is 0 Å². The number of thioether (sulfide) groups is 1. The van der Waals surface area contributed by atoms with E-state index in [9.17, 15) is 0 Å². The molecule has 5 nitrogen and oxygen atoms in total. The van der Waals surface area contributed by atoms with E-state index in [-0.39, 0.29) is 6.79 Å². The third-order valence-corrected chi connectivity index (χ3v) is 3.54. The van der Waals surface area contributed by atoms with Crippen molar-refractivity contribution in [2.45, 2.75) is 11.7 Å². The molecule has 0 atom stereocenters. The molecule has 0 saturated carbocycles. The molecule has 1 aliphatic heterocycles. The van der Waals surface area contributed by atoms with Gasteiger partial charge in [-0.2, -0.15) is 0 Å². The fourth-order valence-electron chi connectivity index (χ4n) is 1.89. The van der Waals surface area contributed by atoms with Crippen LogP contribution in [-0.2, 0) is 6.54 Å². The molecule has 0 bridgehead atoms. The third kappa shape index (κ3) is 2.76. The predicted octanol–water partition coefficient (Wildman–Crippen LogP) is 3.19. The third-order valence-electron chi connectivity index (χ3n) is 2.80. The van der Waals surface area contributed by atoms with Crippen LogP contribution in [0.2, 0.25) is 5.15 Å². The minimum atomic E-state index is 0.266. The van der Waals surface area contributed by atoms with Crippen LogP contribution in [0.1, 0.15) is 5.56 Å². The van der Waals surface area contributed by atoms with E-state index in [0.717, 1.165) is 17.1 Å². The molecule has 0 aliphatic carbocycles. The van der Waals surface area contributed by atoms with Crippen molar-refractivity contribution in [3.05, 3.63) is 35.0 Å². The van der Waals surface area contributed by atoms with Crippen LogP contribution in [0.15, 0.2) is 29.4 Å². The lowest BCUT2D eigenvalue weighted by Gasteiger charge is -2.09. The highest BCUT2D eigenvalue weighted by molar-refractivity contribution is 7.98. The van der Waals surface area contributed by atoms with Crippen molar-refractivity contribution in [2.24, 2.45) is 0 Å². The number of rotatable bonds is 4. The first kappa shape index (κ1) is 13.3. The van der Waals surface area contributed by atoms with Gasteiger partial charge in [-0.15, -0.1) is 0 Å². The summed E-state index contributed by atoms with van der Waals surface area (Å²) in [5, 5.41) is 4.28. The minimum absolute atomic E-state index is 0.266. The first-order valence-electron chi connectivity index (χ1n) is 5.96. The van der Waals surface area contributed by atoms with Crippen LogP contribution >= 0.6 is 23.4 Å². The van der Waals surface area contributed by atoms with E-state index >= 15 is 0 Å². The number of hydrogen-bond donors (Lipinski definition) is 1. The molecular formula is C13H12ClN3O2S. The lowest BCUT2D eigenvalue weighted by atomic mass is 10.2. The Morgan fingerprint density at radius 1 is 1.35 bits per heavy atom. The second-order valence-corrected chi connectivity index (χ2v) is 5.23. The maximum atomic E-state index is 5.96. The number of hydrogen-bond acceptors (Lipinski definition) is 6. The number of fused-ring (bicyclic) bond motifs is 1. The molecule has 3 rings (SSSR count). The number of anilines is 1. The van der Waals surface area contributed by atoms with Gasteiger partial charge in [0.1, 0.15) is 11.0 Å². The molecule has 0 unspecified atom stereocenters. The Morgan fingerprint density at radius 3 is 3.10 bits per heavy atom. The van der Waals surface area contributed by atoms with Crippen LogP contribution in [0.4, 0.5) is 5.82 Å². The van der Waals surface area contributed by atoms with Gasteiger partial charge in [0.25, 0.3) is 0 Å². The number of nitrogens with one attached hydrogen (secondary N) is 1. The normalized spacial score (nSPS) is 12.5. The first-order valence-corrected chi connectivity index (χ1v) is 7.56. The SMILES string of the molecule is CSc1nc(Cl)cc(NCc2cccc3c2OCO3)n1. The van der Waals surface area contributed by atoms with Crippen molar-refractivity contribution >= 4 is 29.2 Å². The first-order chi connectivity index (χ1) is 9.76. The van der Waals surface area contributed by atoms with E-state index < -0.39 is 0 Å². The van der Waals surface area contributed by atoms with Gasteiger partial charge < -0.3 is 14.8 Å². The summed E-state index contributed by atoms with van der Waals surface area (Å²) in [7, 11) is 0. The molecular weight excluding hydrogens is 298 g/mol. The van der Waals surface area contributed by atoms with Gasteiger partial charge in [-0.3, -0.25) is 0 Å². The van der Waals surface area contributed by atoms with Crippen LogP contribution in [-0.4, -0.2) is 23.0 Å². The Labute approximate surface area is 125 Å². The Kier molecular flexibility index (Phi) is 3.84. The predicted molar refractivity (Wildman–Crippen MR) is 78.7 cm³/mol. The van der Waals surface area contributed by atoms with Gasteiger partial charge in [0, 0.05) is 18.2 Å². The van der Waals surface area contributed by atoms with E-state index in [2.05, 4.69) is 15.3 Å². The van der Waals surface area contributed by atoms with Gasteiger partial charge in [0.05, 0.1) is 0 Å². The van der Waals surface area contributed by atoms with Gasteiger partial charge in [0.15, 0.2) is 16.7 Å². The second-order valence-electron chi connectivity index (χ2n) is 4.07. The van der Waals surface area contributed by atoms with Gasteiger partial charge in [-0.25, -0.2) is 9.97 Å². The molecule has 2 heterocycles. The highest BCUT2D eigenvalue weighted by Crippen LogP contribution is 2.35. The zero-order valence-electron chi connectivity index (χ0n) is 10.7. The number of ether oxygens (including phenoxy) is 2. The van der Waals surface area contributed by atoms with Crippen LogP contribution in [0.25, 0.3) is 0 Å². The molecule has 7 heteroatoms. The summed E-state index contributed by atoms with van der Waals surface area (Å²) < 4.78 is 10.8. The quantitative estimate of drug-likeness (QED) is 0.532. The van der Waals surface area contributed by atoms with Crippen LogP contribution < -0.4 is 14.8 Å². The zero-order valence-corrected chi connectivity index (χ0v) is 12.3. The van der Waals surface area contributed by atoms with E-state index in [4.69, 9.17) is 21.1 Å². The lowest BCUT2D eigenvalue weighted by Crippen LogP contribution is -2.04. The summed E-state index contributed by atoms with van der Waals surface area (Å²) in [6.07, 6.45) is 1.91. The molecule has 1 aromatic carbocycles. The van der Waals surface area contributed by atoms with Gasteiger partial charge in [0.2, 0.25) is 6.79 Å². The van der Waals surface area contributed by atoms with Crippen molar-refractivity contribution in [3.8, 4) is 11.5 Å². The zero-order chi connectivity index (χ0) is 13.9. The highest BCUT2D eigenvalue weighted by Gasteiger charge is 2.16. The van der Waals surface area contributed by atoms with Gasteiger partial charge in [-0.1, -0.05) is 35.5 Å². The fourth-order valence-corrected chi connectivity index (χ4v) is 2.51. The Morgan fingerprint density at radius 2 is 2.25 bits per heavy atom. The molecule has 2 aromatic rings. The largest absolute Gasteiger partial charge is 0.454 e. The maximum absolute atomic E-state index is 5.96. The highest BCUT2D eigenvalue weighted by atomic mass is 35.5. The Bertz CT molecular complexity index is 639. The van der Waals surface area contributed by atoms with Crippen molar-refractivity contribution in [1.29, 1.82) is 0 Å². The summed E-state index contributed by atoms with van der Waals surface area (Å²) >= 11 is 7.40. The molecule has 0 fully saturated rings. The van der Waals surface area contributed by atoms with E-state index in [1.54, 1.807) is 6.07 Å². The van der Waals surface area contributed by atoms with Crippen molar-refractivity contribution < 1.29 is 9.47 Å². The minimum Gasteiger partial charge on any atom is -0.454 e. The average molecular weight is 310 g/mol. The topological polar surface area (TPSA) is 56.3 Å². The molecule has 1 N–H and O–H groups in total. The monoisotopic (exact) mass is 309 g/mol. The molecule has 0 amide bonds. The Hall–Kier alpha value is -1.66. The number of para-hydroxylation sites is 1. The van der Waals surface area contributed by atoms with E-state index in [0.29, 0.717) is 22.7 Å². The van der Waals surface area contributed by atoms with E-state index in [1.165, 1.54) is 11.8 Å². The fraction of sp³-hybridized carbons (Fsp3) is 0.231. The molecule has 20 heavy (non-hydrogen) atoms. The molecule has 1 aliphatic rings. The average Bonchev–Trinajstić information content (AvgIpc) is 2.93. The summed E-state index contributed by atoms with van der Waals surface area (Å²) in [6, 6.07) is 7.50. The summed E-state index contributed by atoms with van der Waals surface area (Å²) in [5.41, 5.74) is 1.01. The number of nitrogens with zero attached hydrogens (tertiary/aromatic N) is 2. The molecule has 0 radical (unpaired) electrons. The van der Waals surface area contributed by atoms with Crippen LogP contribution in [0, 0.1) is 0 Å². The van der Waals surface area contributed by atoms with Crippen LogP contribution in [0.3, 0.4) is 0 Å². The molecule has 0 saturated heterocycles. The smallest absolute Gasteiger partial charge is 0.231 e. The summed E-state index contributed by atoms with van der Waals surface area (Å²) in [5.74, 6) is 2.24.